The maximum Gasteiger partial charge on any atom is 0.415 e. The smallest absolute Gasteiger partial charge is 0.415 e. The molecule has 1 heterocycles. The Morgan fingerprint density at radius 1 is 1.27 bits per heavy atom. The van der Waals surface area contributed by atoms with Gasteiger partial charge in [-0.05, 0) is 12.1 Å². The number of fused-ring (bicyclic) bond motifs is 1. The van der Waals surface area contributed by atoms with E-state index in [9.17, 15) is 4.79 Å². The summed E-state index contributed by atoms with van der Waals surface area (Å²) in [6.45, 7) is 0. The number of carboxylic acid groups (broad SMARTS) is 1. The summed E-state index contributed by atoms with van der Waals surface area (Å²) >= 11 is 0. The van der Waals surface area contributed by atoms with Crippen molar-refractivity contribution in [2.75, 3.05) is 19.0 Å². The summed E-state index contributed by atoms with van der Waals surface area (Å²) in [6.07, 6.45) is 2.26. The van der Waals surface area contributed by atoms with E-state index in [0.717, 1.165) is 16.5 Å². The number of benzene rings is 1. The second kappa shape index (κ2) is 3.31. The molecule has 0 amide bonds. The third-order valence-electron chi connectivity index (χ3n) is 2.36. The van der Waals surface area contributed by atoms with Crippen LogP contribution in [0.4, 0.5) is 10.5 Å². The fourth-order valence-electron chi connectivity index (χ4n) is 1.52. The zero-order valence-electron chi connectivity index (χ0n) is 8.64. The molecule has 0 aliphatic heterocycles. The van der Waals surface area contributed by atoms with E-state index >= 15 is 0 Å². The van der Waals surface area contributed by atoms with Crippen LogP contribution < -0.4 is 4.90 Å². The van der Waals surface area contributed by atoms with Gasteiger partial charge in [0, 0.05) is 42.9 Å². The largest absolute Gasteiger partial charge is 0.464 e. The Morgan fingerprint density at radius 2 is 1.93 bits per heavy atom. The molecule has 1 N–H and O–H groups in total. The molecule has 4 heteroatoms. The van der Waals surface area contributed by atoms with E-state index in [2.05, 4.69) is 0 Å². The molecule has 4 nitrogen and oxygen atoms in total. The van der Waals surface area contributed by atoms with Gasteiger partial charge < -0.3 is 10.0 Å². The van der Waals surface area contributed by atoms with Crippen LogP contribution in [0.1, 0.15) is 0 Å². The summed E-state index contributed by atoms with van der Waals surface area (Å²) in [7, 11) is 3.91. The molecule has 0 spiro atoms. The highest BCUT2D eigenvalue weighted by atomic mass is 16.4. The number of anilines is 1. The van der Waals surface area contributed by atoms with Gasteiger partial charge in [0.2, 0.25) is 0 Å². The number of hydrogen-bond acceptors (Lipinski definition) is 2. The lowest BCUT2D eigenvalue weighted by Gasteiger charge is -2.11. The van der Waals surface area contributed by atoms with Gasteiger partial charge in [-0.15, -0.1) is 0 Å². The SMILES string of the molecule is CN(C)c1ccc2cn(C(=O)O)cc2c1. The zero-order valence-corrected chi connectivity index (χ0v) is 8.64. The fourth-order valence-corrected chi connectivity index (χ4v) is 1.52. The van der Waals surface area contributed by atoms with Crippen molar-refractivity contribution >= 4 is 22.6 Å². The van der Waals surface area contributed by atoms with Crippen LogP contribution in [0.3, 0.4) is 0 Å². The van der Waals surface area contributed by atoms with Crippen molar-refractivity contribution in [3.8, 4) is 0 Å². The molecule has 0 saturated carbocycles. The van der Waals surface area contributed by atoms with Gasteiger partial charge in [0.1, 0.15) is 0 Å². The highest BCUT2D eigenvalue weighted by Crippen LogP contribution is 2.21. The van der Waals surface area contributed by atoms with Gasteiger partial charge in [-0.25, -0.2) is 4.79 Å². The van der Waals surface area contributed by atoms with Gasteiger partial charge >= 0.3 is 6.09 Å². The highest BCUT2D eigenvalue weighted by molar-refractivity contribution is 5.89. The van der Waals surface area contributed by atoms with Gasteiger partial charge in [-0.1, -0.05) is 6.07 Å². The van der Waals surface area contributed by atoms with Crippen molar-refractivity contribution in [2.45, 2.75) is 0 Å². The minimum absolute atomic E-state index is 0.933. The van der Waals surface area contributed by atoms with E-state index in [1.807, 2.05) is 37.2 Å². The topological polar surface area (TPSA) is 45.5 Å². The van der Waals surface area contributed by atoms with Crippen LogP contribution in [0, 0.1) is 0 Å². The van der Waals surface area contributed by atoms with E-state index in [0.29, 0.717) is 0 Å². The lowest BCUT2D eigenvalue weighted by molar-refractivity contribution is 0.196. The van der Waals surface area contributed by atoms with Crippen molar-refractivity contribution in [1.29, 1.82) is 0 Å². The molecular weight excluding hydrogens is 192 g/mol. The average molecular weight is 204 g/mol. The molecule has 0 aliphatic carbocycles. The van der Waals surface area contributed by atoms with Crippen molar-refractivity contribution in [3.05, 3.63) is 30.6 Å². The predicted octanol–water partition coefficient (Wildman–Crippen LogP) is 2.23. The quantitative estimate of drug-likeness (QED) is 0.774. The summed E-state index contributed by atoms with van der Waals surface area (Å²) in [6, 6.07) is 5.85. The van der Waals surface area contributed by atoms with Crippen LogP contribution in [0.15, 0.2) is 30.6 Å². The fraction of sp³-hybridized carbons (Fsp3) is 0.182. The average Bonchev–Trinajstić information content (AvgIpc) is 2.59. The first-order chi connectivity index (χ1) is 7.08. The van der Waals surface area contributed by atoms with E-state index < -0.39 is 6.09 Å². The van der Waals surface area contributed by atoms with Crippen LogP contribution in [0.25, 0.3) is 10.8 Å². The normalized spacial score (nSPS) is 10.5. The molecule has 15 heavy (non-hydrogen) atoms. The summed E-state index contributed by atoms with van der Waals surface area (Å²) in [4.78, 5) is 12.7. The number of aromatic nitrogens is 1. The Morgan fingerprint density at radius 3 is 2.53 bits per heavy atom. The Hall–Kier alpha value is -1.97. The maximum atomic E-state index is 10.7. The molecule has 78 valence electrons. The van der Waals surface area contributed by atoms with Gasteiger partial charge in [0.25, 0.3) is 0 Å². The van der Waals surface area contributed by atoms with Crippen LogP contribution in [0.2, 0.25) is 0 Å². The van der Waals surface area contributed by atoms with E-state index in [1.165, 1.54) is 4.57 Å². The van der Waals surface area contributed by atoms with Gasteiger partial charge in [-0.2, -0.15) is 0 Å². The predicted molar refractivity (Wildman–Crippen MR) is 59.7 cm³/mol. The Balaban J connectivity index is 2.57. The number of rotatable bonds is 1. The minimum Gasteiger partial charge on any atom is -0.464 e. The van der Waals surface area contributed by atoms with Gasteiger partial charge in [0.05, 0.1) is 0 Å². The first kappa shape index (κ1) is 9.58. The monoisotopic (exact) mass is 204 g/mol. The maximum absolute atomic E-state index is 10.7. The second-order valence-electron chi connectivity index (χ2n) is 3.66. The van der Waals surface area contributed by atoms with Crippen LogP contribution in [-0.4, -0.2) is 29.9 Å². The van der Waals surface area contributed by atoms with E-state index in [-0.39, 0.29) is 0 Å². The van der Waals surface area contributed by atoms with Crippen molar-refractivity contribution in [2.24, 2.45) is 0 Å². The molecule has 2 aromatic rings. The lowest BCUT2D eigenvalue weighted by atomic mass is 10.2. The van der Waals surface area contributed by atoms with Crippen molar-refractivity contribution < 1.29 is 9.90 Å². The van der Waals surface area contributed by atoms with Crippen molar-refractivity contribution in [3.63, 3.8) is 0 Å². The molecule has 0 saturated heterocycles. The third-order valence-corrected chi connectivity index (χ3v) is 2.36. The second-order valence-corrected chi connectivity index (χ2v) is 3.66. The van der Waals surface area contributed by atoms with E-state index in [1.54, 1.807) is 12.4 Å². The molecule has 0 bridgehead atoms. The third kappa shape index (κ3) is 1.66. The summed E-state index contributed by atoms with van der Waals surface area (Å²) in [5.74, 6) is 0. The zero-order chi connectivity index (χ0) is 11.0. The number of hydrogen-bond donors (Lipinski definition) is 1. The Kier molecular flexibility index (Phi) is 2.11. The number of carbonyl (C=O) groups is 1. The lowest BCUT2D eigenvalue weighted by Crippen LogP contribution is -2.07. The molecule has 0 radical (unpaired) electrons. The minimum atomic E-state index is -0.961. The van der Waals surface area contributed by atoms with Crippen molar-refractivity contribution in [1.82, 2.24) is 4.57 Å². The highest BCUT2D eigenvalue weighted by Gasteiger charge is 2.04. The Labute approximate surface area is 87.3 Å². The van der Waals surface area contributed by atoms with Crippen LogP contribution >= 0.6 is 0 Å². The van der Waals surface area contributed by atoms with Gasteiger partial charge in [0.15, 0.2) is 0 Å². The molecule has 0 fully saturated rings. The summed E-state index contributed by atoms with van der Waals surface area (Å²) < 4.78 is 1.17. The van der Waals surface area contributed by atoms with Crippen LogP contribution in [-0.2, 0) is 0 Å². The Bertz CT molecular complexity index is 514. The molecule has 0 aliphatic rings. The summed E-state index contributed by atoms with van der Waals surface area (Å²) in [5, 5.41) is 10.7. The molecule has 1 aromatic heterocycles. The standard InChI is InChI=1S/C11H12N2O2/c1-12(2)10-4-3-8-6-13(11(14)15)7-9(8)5-10/h3-7H,1-2H3,(H,14,15). The molecule has 0 unspecified atom stereocenters. The van der Waals surface area contributed by atoms with Gasteiger partial charge in [-0.3, -0.25) is 4.57 Å². The number of nitrogens with zero attached hydrogens (tertiary/aromatic N) is 2. The summed E-state index contributed by atoms with van der Waals surface area (Å²) in [5.41, 5.74) is 1.06. The molecule has 1 aromatic carbocycles. The van der Waals surface area contributed by atoms with E-state index in [4.69, 9.17) is 5.11 Å². The first-order valence-electron chi connectivity index (χ1n) is 4.60. The molecular formula is C11H12N2O2. The molecule has 0 atom stereocenters. The molecule has 2 rings (SSSR count). The first-order valence-corrected chi connectivity index (χ1v) is 4.60. The van der Waals surface area contributed by atoms with Crippen LogP contribution in [0.5, 0.6) is 0 Å².